The largest absolute Gasteiger partial charge is 0.490 e. The van der Waals surface area contributed by atoms with Crippen molar-refractivity contribution in [3.8, 4) is 11.5 Å². The van der Waals surface area contributed by atoms with Crippen LogP contribution in [0.25, 0.3) is 0 Å². The molecule has 2 aromatic carbocycles. The Balaban J connectivity index is 1.71. The highest BCUT2D eigenvalue weighted by Gasteiger charge is 2.39. The quantitative estimate of drug-likeness (QED) is 0.534. The van der Waals surface area contributed by atoms with E-state index in [0.29, 0.717) is 41.9 Å². The molecule has 6 nitrogen and oxygen atoms in total. The Morgan fingerprint density at radius 3 is 2.19 bits per heavy atom. The van der Waals surface area contributed by atoms with E-state index in [1.807, 2.05) is 32.0 Å². The fourth-order valence-electron chi connectivity index (χ4n) is 3.75. The number of anilines is 1. The minimum atomic E-state index is -0.187. The summed E-state index contributed by atoms with van der Waals surface area (Å²) in [6, 6.07) is 12.6. The lowest BCUT2D eigenvalue weighted by atomic mass is 9.95. The van der Waals surface area contributed by atoms with Crippen molar-refractivity contribution in [2.75, 3.05) is 18.5 Å². The van der Waals surface area contributed by atoms with Crippen molar-refractivity contribution in [1.82, 2.24) is 5.32 Å². The molecule has 1 fully saturated rings. The number of amides is 2. The van der Waals surface area contributed by atoms with Gasteiger partial charge in [-0.3, -0.25) is 9.59 Å². The fourth-order valence-corrected chi connectivity index (χ4v) is 3.75. The maximum absolute atomic E-state index is 13.0. The van der Waals surface area contributed by atoms with Gasteiger partial charge in [0.2, 0.25) is 5.91 Å². The van der Waals surface area contributed by atoms with Gasteiger partial charge in [0, 0.05) is 17.2 Å². The predicted octanol–water partition coefficient (Wildman–Crippen LogP) is 5.21. The molecule has 0 bridgehead atoms. The highest BCUT2D eigenvalue weighted by molar-refractivity contribution is 5.97. The minimum absolute atomic E-state index is 0.0511. The van der Waals surface area contributed by atoms with Crippen LogP contribution < -0.4 is 20.1 Å². The van der Waals surface area contributed by atoms with E-state index in [1.165, 1.54) is 0 Å². The molecular weight excluding hydrogens is 404 g/mol. The maximum atomic E-state index is 13.0. The van der Waals surface area contributed by atoms with Crippen molar-refractivity contribution in [3.63, 3.8) is 0 Å². The van der Waals surface area contributed by atoms with Gasteiger partial charge in [0.05, 0.1) is 19.3 Å². The van der Waals surface area contributed by atoms with Gasteiger partial charge in [0.25, 0.3) is 5.91 Å². The predicted molar refractivity (Wildman–Crippen MR) is 126 cm³/mol. The molecule has 2 N–H and O–H groups in total. The van der Waals surface area contributed by atoms with Gasteiger partial charge < -0.3 is 20.1 Å². The lowest BCUT2D eigenvalue weighted by molar-refractivity contribution is -0.117. The van der Waals surface area contributed by atoms with Crippen molar-refractivity contribution in [3.05, 3.63) is 53.6 Å². The summed E-state index contributed by atoms with van der Waals surface area (Å²) in [4.78, 5) is 25.1. The summed E-state index contributed by atoms with van der Waals surface area (Å²) in [5.74, 6) is 2.01. The summed E-state index contributed by atoms with van der Waals surface area (Å²) in [7, 11) is 0. The Hall–Kier alpha value is -3.02. The smallest absolute Gasteiger partial charge is 0.251 e. The molecule has 3 atom stereocenters. The van der Waals surface area contributed by atoms with E-state index in [9.17, 15) is 9.59 Å². The lowest BCUT2D eigenvalue weighted by Gasteiger charge is -2.24. The number of carbonyl (C=O) groups excluding carboxylic acids is 2. The van der Waals surface area contributed by atoms with Crippen molar-refractivity contribution in [1.29, 1.82) is 0 Å². The van der Waals surface area contributed by atoms with Crippen LogP contribution in [0.15, 0.2) is 42.5 Å². The fraction of sp³-hybridized carbons (Fsp3) is 0.462. The molecule has 6 heteroatoms. The molecule has 172 valence electrons. The molecule has 0 spiro atoms. The number of hydrogen-bond donors (Lipinski definition) is 2. The van der Waals surface area contributed by atoms with E-state index in [0.717, 1.165) is 12.0 Å². The highest BCUT2D eigenvalue weighted by Crippen LogP contribution is 2.38. The molecule has 2 aromatic rings. The van der Waals surface area contributed by atoms with Crippen LogP contribution in [0, 0.1) is 17.8 Å². The topological polar surface area (TPSA) is 76.7 Å². The Kier molecular flexibility index (Phi) is 7.78. The Morgan fingerprint density at radius 2 is 1.62 bits per heavy atom. The number of hydrogen-bond acceptors (Lipinski definition) is 4. The summed E-state index contributed by atoms with van der Waals surface area (Å²) in [5.41, 5.74) is 2.21. The van der Waals surface area contributed by atoms with E-state index in [4.69, 9.17) is 9.47 Å². The molecule has 0 radical (unpaired) electrons. The van der Waals surface area contributed by atoms with E-state index in [2.05, 4.69) is 31.4 Å². The molecule has 2 amide bonds. The third kappa shape index (κ3) is 5.81. The van der Waals surface area contributed by atoms with Crippen LogP contribution in [0.2, 0.25) is 0 Å². The molecule has 1 saturated carbocycles. The molecular formula is C26H34N2O4. The lowest BCUT2D eigenvalue weighted by Crippen LogP contribution is -2.31. The second-order valence-electron chi connectivity index (χ2n) is 8.65. The molecule has 3 unspecified atom stereocenters. The summed E-state index contributed by atoms with van der Waals surface area (Å²) < 4.78 is 11.4. The molecule has 0 heterocycles. The summed E-state index contributed by atoms with van der Waals surface area (Å²) in [5, 5.41) is 6.06. The zero-order chi connectivity index (χ0) is 23.3. The molecule has 0 saturated heterocycles. The van der Waals surface area contributed by atoms with Crippen LogP contribution in [0.5, 0.6) is 11.5 Å². The van der Waals surface area contributed by atoms with E-state index < -0.39 is 0 Å². The number of nitrogens with one attached hydrogen (secondary N) is 2. The number of rotatable bonds is 10. The first-order valence-electron chi connectivity index (χ1n) is 11.4. The standard InChI is InChI=1S/C26H34N2O4/c1-6-31-22-13-10-19(15-23(22)32-7-2)24(16(3)4)28-25(29)18-8-11-20(12-9-18)27-26(30)21-14-17(21)5/h8-13,15-17,21,24H,6-7,14H2,1-5H3,(H,27,30)(H,28,29). The molecule has 3 rings (SSSR count). The summed E-state index contributed by atoms with van der Waals surface area (Å²) in [6.07, 6.45) is 0.944. The van der Waals surface area contributed by atoms with E-state index >= 15 is 0 Å². The minimum Gasteiger partial charge on any atom is -0.490 e. The Bertz CT molecular complexity index is 939. The first-order chi connectivity index (χ1) is 15.3. The zero-order valence-corrected chi connectivity index (χ0v) is 19.6. The van der Waals surface area contributed by atoms with Gasteiger partial charge in [-0.05, 0) is 74.1 Å². The van der Waals surface area contributed by atoms with Gasteiger partial charge in [-0.15, -0.1) is 0 Å². The van der Waals surface area contributed by atoms with Crippen LogP contribution in [-0.2, 0) is 4.79 Å². The average molecular weight is 439 g/mol. The van der Waals surface area contributed by atoms with Gasteiger partial charge >= 0.3 is 0 Å². The van der Waals surface area contributed by atoms with Crippen molar-refractivity contribution in [2.45, 2.75) is 47.1 Å². The van der Waals surface area contributed by atoms with Crippen molar-refractivity contribution in [2.24, 2.45) is 17.8 Å². The van der Waals surface area contributed by atoms with Gasteiger partial charge in [0.15, 0.2) is 11.5 Å². The zero-order valence-electron chi connectivity index (χ0n) is 19.6. The van der Waals surface area contributed by atoms with Crippen molar-refractivity contribution < 1.29 is 19.1 Å². The van der Waals surface area contributed by atoms with Crippen LogP contribution in [0.3, 0.4) is 0 Å². The molecule has 32 heavy (non-hydrogen) atoms. The maximum Gasteiger partial charge on any atom is 0.251 e. The normalized spacial score (nSPS) is 18.1. The van der Waals surface area contributed by atoms with Gasteiger partial charge in [0.1, 0.15) is 0 Å². The van der Waals surface area contributed by atoms with Crippen LogP contribution >= 0.6 is 0 Å². The SMILES string of the molecule is CCOc1ccc(C(NC(=O)c2ccc(NC(=O)C3CC3C)cc2)C(C)C)cc1OCC. The van der Waals surface area contributed by atoms with Gasteiger partial charge in [-0.2, -0.15) is 0 Å². The Labute approximate surface area is 190 Å². The van der Waals surface area contributed by atoms with Crippen molar-refractivity contribution >= 4 is 17.5 Å². The third-order valence-corrected chi connectivity index (χ3v) is 5.74. The monoisotopic (exact) mass is 438 g/mol. The Morgan fingerprint density at radius 1 is 1.00 bits per heavy atom. The molecule has 0 aromatic heterocycles. The van der Waals surface area contributed by atoms with Gasteiger partial charge in [-0.1, -0.05) is 26.8 Å². The number of carbonyl (C=O) groups is 2. The molecule has 1 aliphatic rings. The first-order valence-corrected chi connectivity index (χ1v) is 11.4. The van der Waals surface area contributed by atoms with Crippen LogP contribution in [0.4, 0.5) is 5.69 Å². The van der Waals surface area contributed by atoms with E-state index in [-0.39, 0.29) is 29.7 Å². The average Bonchev–Trinajstić information content (AvgIpc) is 3.50. The second kappa shape index (κ2) is 10.5. The van der Waals surface area contributed by atoms with Gasteiger partial charge in [-0.25, -0.2) is 0 Å². The number of benzene rings is 2. The second-order valence-corrected chi connectivity index (χ2v) is 8.65. The highest BCUT2D eigenvalue weighted by atomic mass is 16.5. The van der Waals surface area contributed by atoms with Crippen LogP contribution in [-0.4, -0.2) is 25.0 Å². The summed E-state index contributed by atoms with van der Waals surface area (Å²) in [6.45, 7) is 11.2. The molecule has 0 aliphatic heterocycles. The molecule has 1 aliphatic carbocycles. The summed E-state index contributed by atoms with van der Waals surface area (Å²) >= 11 is 0. The third-order valence-electron chi connectivity index (χ3n) is 5.74. The van der Waals surface area contributed by atoms with Crippen LogP contribution in [0.1, 0.15) is 63.0 Å². The first kappa shape index (κ1) is 23.6. The van der Waals surface area contributed by atoms with E-state index in [1.54, 1.807) is 24.3 Å². The number of ether oxygens (including phenoxy) is 2.